The van der Waals surface area contributed by atoms with Crippen molar-refractivity contribution in [2.75, 3.05) is 13.2 Å². The van der Waals surface area contributed by atoms with Crippen molar-refractivity contribution in [1.29, 1.82) is 0 Å². The largest absolute Gasteiger partial charge is 0.378 e. The van der Waals surface area contributed by atoms with Crippen molar-refractivity contribution in [3.63, 3.8) is 0 Å². The Balaban J connectivity index is 1.74. The minimum atomic E-state index is 0.343. The van der Waals surface area contributed by atoms with E-state index in [2.05, 4.69) is 18.3 Å². The van der Waals surface area contributed by atoms with Crippen LogP contribution < -0.4 is 5.32 Å². The van der Waals surface area contributed by atoms with Crippen LogP contribution >= 0.6 is 11.6 Å². The number of halogens is 1. The van der Waals surface area contributed by atoms with Crippen LogP contribution in [0.3, 0.4) is 0 Å². The van der Waals surface area contributed by atoms with Crippen LogP contribution in [0, 0.1) is 0 Å². The Hall–Kier alpha value is -0.570. The smallest absolute Gasteiger partial charge is 0.0588 e. The van der Waals surface area contributed by atoms with Gasteiger partial charge < -0.3 is 10.1 Å². The van der Waals surface area contributed by atoms with Crippen LogP contribution in [0.2, 0.25) is 5.02 Å². The maximum Gasteiger partial charge on any atom is 0.0588 e. The molecule has 2 unspecified atom stereocenters. The Morgan fingerprint density at radius 1 is 1.53 bits per heavy atom. The molecule has 1 heterocycles. The van der Waals surface area contributed by atoms with Gasteiger partial charge in [0.15, 0.2) is 0 Å². The fourth-order valence-corrected chi connectivity index (χ4v) is 2.43. The molecular weight excluding hydrogens is 234 g/mol. The average molecular weight is 254 g/mol. The summed E-state index contributed by atoms with van der Waals surface area (Å²) in [5.74, 6) is 0. The van der Waals surface area contributed by atoms with Crippen molar-refractivity contribution in [2.24, 2.45) is 0 Å². The standard InChI is InChI=1S/C14H20ClNO/c1-11(12-4-2-5-13(15)10-12)16-8-7-14-6-3-9-17-14/h2,4-5,10-11,14,16H,3,6-9H2,1H3. The van der Waals surface area contributed by atoms with Gasteiger partial charge in [-0.15, -0.1) is 0 Å². The molecule has 1 aromatic carbocycles. The number of hydrogen-bond donors (Lipinski definition) is 1. The molecule has 2 nitrogen and oxygen atoms in total. The molecule has 17 heavy (non-hydrogen) atoms. The first kappa shape index (κ1) is 12.9. The van der Waals surface area contributed by atoms with Crippen LogP contribution in [0.1, 0.15) is 37.8 Å². The van der Waals surface area contributed by atoms with E-state index in [0.29, 0.717) is 12.1 Å². The highest BCUT2D eigenvalue weighted by molar-refractivity contribution is 6.30. The number of nitrogens with one attached hydrogen (secondary N) is 1. The van der Waals surface area contributed by atoms with Crippen molar-refractivity contribution in [3.8, 4) is 0 Å². The molecule has 0 spiro atoms. The minimum absolute atomic E-state index is 0.343. The molecule has 0 amide bonds. The molecule has 1 fully saturated rings. The molecule has 1 aliphatic rings. The fraction of sp³-hybridized carbons (Fsp3) is 0.571. The average Bonchev–Trinajstić information content (AvgIpc) is 2.82. The molecule has 0 bridgehead atoms. The maximum absolute atomic E-state index is 5.98. The van der Waals surface area contributed by atoms with Gasteiger partial charge in [0.25, 0.3) is 0 Å². The molecule has 2 rings (SSSR count). The maximum atomic E-state index is 5.98. The number of benzene rings is 1. The molecule has 0 saturated carbocycles. The quantitative estimate of drug-likeness (QED) is 0.866. The first-order chi connectivity index (χ1) is 8.25. The summed E-state index contributed by atoms with van der Waals surface area (Å²) in [6.07, 6.45) is 4.00. The second-order valence-corrected chi connectivity index (χ2v) is 5.09. The normalized spacial score (nSPS) is 21.6. The first-order valence-corrected chi connectivity index (χ1v) is 6.74. The predicted molar refractivity (Wildman–Crippen MR) is 71.5 cm³/mol. The first-order valence-electron chi connectivity index (χ1n) is 6.36. The molecule has 1 N–H and O–H groups in total. The summed E-state index contributed by atoms with van der Waals surface area (Å²) in [7, 11) is 0. The third kappa shape index (κ3) is 3.98. The van der Waals surface area contributed by atoms with E-state index in [4.69, 9.17) is 16.3 Å². The Kier molecular flexibility index (Phi) is 4.84. The predicted octanol–water partition coefficient (Wildman–Crippen LogP) is 3.56. The van der Waals surface area contributed by atoms with Gasteiger partial charge in [0.1, 0.15) is 0 Å². The summed E-state index contributed by atoms with van der Waals surface area (Å²) in [5, 5.41) is 4.32. The highest BCUT2D eigenvalue weighted by Gasteiger charge is 2.15. The number of rotatable bonds is 5. The van der Waals surface area contributed by atoms with Crippen LogP contribution in [0.15, 0.2) is 24.3 Å². The van der Waals surface area contributed by atoms with Crippen LogP contribution in [0.4, 0.5) is 0 Å². The van der Waals surface area contributed by atoms with Crippen LogP contribution in [-0.2, 0) is 4.74 Å². The third-order valence-corrected chi connectivity index (χ3v) is 3.52. The van der Waals surface area contributed by atoms with E-state index in [9.17, 15) is 0 Å². The van der Waals surface area contributed by atoms with E-state index >= 15 is 0 Å². The second-order valence-electron chi connectivity index (χ2n) is 4.65. The lowest BCUT2D eigenvalue weighted by molar-refractivity contribution is 0.103. The Morgan fingerprint density at radius 2 is 2.41 bits per heavy atom. The van der Waals surface area contributed by atoms with Crippen molar-refractivity contribution in [2.45, 2.75) is 38.3 Å². The van der Waals surface area contributed by atoms with Gasteiger partial charge in [0.05, 0.1) is 6.10 Å². The summed E-state index contributed by atoms with van der Waals surface area (Å²) in [4.78, 5) is 0. The highest BCUT2D eigenvalue weighted by atomic mass is 35.5. The summed E-state index contributed by atoms with van der Waals surface area (Å²) in [5.41, 5.74) is 1.24. The van der Waals surface area contributed by atoms with E-state index < -0.39 is 0 Å². The number of hydrogen-bond acceptors (Lipinski definition) is 2. The molecule has 1 aromatic rings. The molecule has 1 aliphatic heterocycles. The molecule has 1 saturated heterocycles. The molecule has 2 atom stereocenters. The summed E-state index contributed by atoms with van der Waals surface area (Å²) >= 11 is 5.98. The molecule has 94 valence electrons. The van der Waals surface area contributed by atoms with Crippen molar-refractivity contribution in [1.82, 2.24) is 5.32 Å². The monoisotopic (exact) mass is 253 g/mol. The van der Waals surface area contributed by atoms with Crippen molar-refractivity contribution >= 4 is 11.6 Å². The summed E-state index contributed by atoms with van der Waals surface area (Å²) < 4.78 is 5.60. The summed E-state index contributed by atoms with van der Waals surface area (Å²) in [6.45, 7) is 4.11. The fourth-order valence-electron chi connectivity index (χ4n) is 2.23. The molecule has 0 aromatic heterocycles. The Labute approximate surface area is 108 Å². The van der Waals surface area contributed by atoms with Crippen LogP contribution in [0.5, 0.6) is 0 Å². The van der Waals surface area contributed by atoms with E-state index in [-0.39, 0.29) is 0 Å². The summed E-state index contributed by atoms with van der Waals surface area (Å²) in [6, 6.07) is 8.37. The Morgan fingerprint density at radius 3 is 3.12 bits per heavy atom. The van der Waals surface area contributed by atoms with Gasteiger partial charge in [0.2, 0.25) is 0 Å². The van der Waals surface area contributed by atoms with Crippen LogP contribution in [-0.4, -0.2) is 19.3 Å². The van der Waals surface area contributed by atoms with Crippen molar-refractivity contribution in [3.05, 3.63) is 34.9 Å². The van der Waals surface area contributed by atoms with Gasteiger partial charge in [0, 0.05) is 17.7 Å². The lowest BCUT2D eigenvalue weighted by Gasteiger charge is -2.16. The lowest BCUT2D eigenvalue weighted by atomic mass is 10.1. The van der Waals surface area contributed by atoms with E-state index in [1.54, 1.807) is 0 Å². The zero-order valence-corrected chi connectivity index (χ0v) is 11.0. The number of ether oxygens (including phenoxy) is 1. The zero-order valence-electron chi connectivity index (χ0n) is 10.3. The van der Waals surface area contributed by atoms with Crippen LogP contribution in [0.25, 0.3) is 0 Å². The molecule has 0 aliphatic carbocycles. The topological polar surface area (TPSA) is 21.3 Å². The van der Waals surface area contributed by atoms with Gasteiger partial charge in [-0.2, -0.15) is 0 Å². The van der Waals surface area contributed by atoms with Gasteiger partial charge >= 0.3 is 0 Å². The lowest BCUT2D eigenvalue weighted by Crippen LogP contribution is -2.23. The third-order valence-electron chi connectivity index (χ3n) is 3.29. The van der Waals surface area contributed by atoms with E-state index in [1.807, 2.05) is 18.2 Å². The van der Waals surface area contributed by atoms with Gasteiger partial charge in [-0.25, -0.2) is 0 Å². The SMILES string of the molecule is CC(NCCC1CCCO1)c1cccc(Cl)c1. The molecular formula is C14H20ClNO. The Bertz CT molecular complexity index is 350. The van der Waals surface area contributed by atoms with E-state index in [1.165, 1.54) is 18.4 Å². The van der Waals surface area contributed by atoms with Crippen molar-refractivity contribution < 1.29 is 4.74 Å². The van der Waals surface area contributed by atoms with Gasteiger partial charge in [-0.1, -0.05) is 23.7 Å². The van der Waals surface area contributed by atoms with Gasteiger partial charge in [-0.05, 0) is 50.4 Å². The van der Waals surface area contributed by atoms with Gasteiger partial charge in [-0.3, -0.25) is 0 Å². The highest BCUT2D eigenvalue weighted by Crippen LogP contribution is 2.18. The second kappa shape index (κ2) is 6.39. The minimum Gasteiger partial charge on any atom is -0.378 e. The zero-order chi connectivity index (χ0) is 12.1. The van der Waals surface area contributed by atoms with E-state index in [0.717, 1.165) is 24.6 Å². The molecule has 0 radical (unpaired) electrons. The molecule has 3 heteroatoms.